The van der Waals surface area contributed by atoms with Crippen molar-refractivity contribution in [2.24, 2.45) is 0 Å². The quantitative estimate of drug-likeness (QED) is 0.180. The Balaban J connectivity index is 0.00000189. The second kappa shape index (κ2) is 13.5. The normalized spacial score (nSPS) is 11.8. The number of allylic oxidation sites excluding steroid dienone is 1. The Morgan fingerprint density at radius 3 is 1.65 bits per heavy atom. The summed E-state index contributed by atoms with van der Waals surface area (Å²) in [6.45, 7) is 12.6. The third kappa shape index (κ3) is 5.29. The predicted molar refractivity (Wildman–Crippen MR) is 227 cm³/mol. The van der Waals surface area contributed by atoms with E-state index in [-0.39, 0.29) is 0 Å². The lowest BCUT2D eigenvalue weighted by molar-refractivity contribution is 1.07. The van der Waals surface area contributed by atoms with Gasteiger partial charge in [-0.2, -0.15) is 0 Å². The summed E-state index contributed by atoms with van der Waals surface area (Å²) in [5.41, 5.74) is 9.52. The Kier molecular flexibility index (Phi) is 8.17. The average molecular weight is 696 g/mol. The predicted octanol–water partition coefficient (Wildman–Crippen LogP) is 10.9. The minimum absolute atomic E-state index is 0.628. The van der Waals surface area contributed by atoms with Gasteiger partial charge in [0.1, 0.15) is 0 Å². The highest BCUT2D eigenvalue weighted by molar-refractivity contribution is 6.14. The van der Waals surface area contributed by atoms with Crippen LogP contribution in [0.1, 0.15) is 13.8 Å². The zero-order valence-electron chi connectivity index (χ0n) is 30.2. The molecule has 0 spiro atoms. The van der Waals surface area contributed by atoms with E-state index >= 15 is 0 Å². The molecule has 4 aromatic heterocycles. The van der Waals surface area contributed by atoms with E-state index in [0.29, 0.717) is 17.5 Å². The molecule has 258 valence electrons. The van der Waals surface area contributed by atoms with Gasteiger partial charge in [-0.05, 0) is 65.0 Å². The zero-order chi connectivity index (χ0) is 36.8. The summed E-state index contributed by atoms with van der Waals surface area (Å²) in [7, 11) is 0. The van der Waals surface area contributed by atoms with Crippen molar-refractivity contribution in [3.05, 3.63) is 175 Å². The maximum absolute atomic E-state index is 4.95. The minimum atomic E-state index is 0.628. The maximum atomic E-state index is 4.95. The molecule has 4 heterocycles. The fourth-order valence-electron chi connectivity index (χ4n) is 7.63. The third-order valence-corrected chi connectivity index (χ3v) is 10.0. The van der Waals surface area contributed by atoms with E-state index in [1.165, 1.54) is 21.7 Å². The molecule has 0 saturated heterocycles. The molecule has 10 aromatic rings. The first-order valence-electron chi connectivity index (χ1n) is 18.3. The van der Waals surface area contributed by atoms with Crippen LogP contribution in [0.3, 0.4) is 0 Å². The van der Waals surface area contributed by atoms with Gasteiger partial charge in [-0.25, -0.2) is 15.0 Å². The largest absolute Gasteiger partial charge is 0.309 e. The number of nitrogens with zero attached hydrogens (tertiary/aromatic N) is 5. The fraction of sp³-hybridized carbons (Fsp3) is 0.0408. The van der Waals surface area contributed by atoms with Crippen LogP contribution in [-0.4, -0.2) is 23.9 Å². The van der Waals surface area contributed by atoms with Gasteiger partial charge in [0.05, 0.1) is 27.6 Å². The smallest absolute Gasteiger partial charge is 0.164 e. The van der Waals surface area contributed by atoms with E-state index < -0.39 is 0 Å². The first-order valence-corrected chi connectivity index (χ1v) is 18.3. The Morgan fingerprint density at radius 2 is 1.02 bits per heavy atom. The van der Waals surface area contributed by atoms with Gasteiger partial charge in [0, 0.05) is 43.9 Å². The molecule has 5 heteroatoms. The van der Waals surface area contributed by atoms with Gasteiger partial charge in [0.15, 0.2) is 17.5 Å². The highest BCUT2D eigenvalue weighted by Crippen LogP contribution is 2.36. The number of fused-ring (bicyclic) bond motifs is 8. The van der Waals surface area contributed by atoms with E-state index in [1.807, 2.05) is 80.6 Å². The van der Waals surface area contributed by atoms with Crippen molar-refractivity contribution in [2.45, 2.75) is 13.8 Å². The summed E-state index contributed by atoms with van der Waals surface area (Å²) in [6.07, 6.45) is 3.94. The van der Waals surface area contributed by atoms with Crippen LogP contribution in [0.15, 0.2) is 164 Å². The van der Waals surface area contributed by atoms with Crippen LogP contribution in [0.2, 0.25) is 0 Å². The molecule has 0 N–H and O–H groups in total. The number of benzene rings is 6. The third-order valence-electron chi connectivity index (χ3n) is 10.0. The summed E-state index contributed by atoms with van der Waals surface area (Å²) in [5, 5.41) is 6.75. The van der Waals surface area contributed by atoms with Crippen LogP contribution in [0.4, 0.5) is 0 Å². The van der Waals surface area contributed by atoms with E-state index in [1.54, 1.807) is 0 Å². The van der Waals surface area contributed by atoms with Crippen LogP contribution < -0.4 is 10.4 Å². The van der Waals surface area contributed by atoms with Gasteiger partial charge >= 0.3 is 0 Å². The zero-order valence-corrected chi connectivity index (χ0v) is 30.2. The van der Waals surface area contributed by atoms with Crippen LogP contribution in [0.25, 0.3) is 102 Å². The topological polar surface area (TPSA) is 48.0 Å². The van der Waals surface area contributed by atoms with Crippen LogP contribution in [0, 0.1) is 0 Å². The van der Waals surface area contributed by atoms with E-state index in [9.17, 15) is 0 Å². The molecule has 0 unspecified atom stereocenters. The molecule has 0 amide bonds. The highest BCUT2D eigenvalue weighted by atomic mass is 15.0. The summed E-state index contributed by atoms with van der Waals surface area (Å²) in [6, 6.07) is 52.8. The monoisotopic (exact) mass is 695 g/mol. The number of aromatic nitrogens is 5. The Morgan fingerprint density at radius 1 is 0.481 bits per heavy atom. The van der Waals surface area contributed by atoms with Crippen LogP contribution in [0.5, 0.6) is 0 Å². The number of para-hydroxylation sites is 2. The van der Waals surface area contributed by atoms with Crippen molar-refractivity contribution in [3.63, 3.8) is 0 Å². The molecule has 0 radical (unpaired) electrons. The maximum Gasteiger partial charge on any atom is 0.164 e. The molecular formula is C49H37N5. The molecule has 0 aliphatic heterocycles. The van der Waals surface area contributed by atoms with Gasteiger partial charge < -0.3 is 8.97 Å². The average Bonchev–Trinajstić information content (AvgIpc) is 3.79. The molecule has 0 aliphatic carbocycles. The van der Waals surface area contributed by atoms with Crippen molar-refractivity contribution in [1.82, 2.24) is 23.9 Å². The summed E-state index contributed by atoms with van der Waals surface area (Å²) in [4.78, 5) is 14.8. The first kappa shape index (κ1) is 32.8. The molecule has 0 atom stereocenters. The van der Waals surface area contributed by atoms with Crippen LogP contribution >= 0.6 is 0 Å². The van der Waals surface area contributed by atoms with Gasteiger partial charge in [-0.1, -0.05) is 136 Å². The number of rotatable bonds is 5. The lowest BCUT2D eigenvalue weighted by Gasteiger charge is -2.12. The number of pyridine rings is 1. The molecular weight excluding hydrogens is 659 g/mol. The number of hydrogen-bond acceptors (Lipinski definition) is 3. The van der Waals surface area contributed by atoms with Crippen molar-refractivity contribution >= 4 is 61.8 Å². The molecule has 0 aliphatic rings. The Hall–Kier alpha value is -7.11. The van der Waals surface area contributed by atoms with Gasteiger partial charge in [0.25, 0.3) is 0 Å². The summed E-state index contributed by atoms with van der Waals surface area (Å²) in [5.74, 6) is 1.91. The van der Waals surface area contributed by atoms with Crippen molar-refractivity contribution < 1.29 is 0 Å². The second-order valence-corrected chi connectivity index (χ2v) is 13.0. The van der Waals surface area contributed by atoms with E-state index in [0.717, 1.165) is 60.3 Å². The standard InChI is InChI=1S/C47H31N5.C2H6/c1-3-14-36-30(2)42-27-34-19-10-12-21-40(34)52(42)44-29-39-37-20-11-13-22-41(37)51(43(39)28-38(36)44)35-25-23-33(24-26-35)47-49-45(31-15-6-4-7-16-31)48-46(50-47)32-17-8-5-9-18-32;1-2/h3-29H,1-2H2;1-2H3/b36-14+;. The van der Waals surface area contributed by atoms with Gasteiger partial charge in [0.2, 0.25) is 0 Å². The van der Waals surface area contributed by atoms with E-state index in [4.69, 9.17) is 15.0 Å². The molecule has 0 saturated carbocycles. The highest BCUT2D eigenvalue weighted by Gasteiger charge is 2.18. The Labute approximate surface area is 313 Å². The van der Waals surface area contributed by atoms with Gasteiger partial charge in [-0.3, -0.25) is 0 Å². The molecule has 0 fully saturated rings. The minimum Gasteiger partial charge on any atom is -0.309 e. The molecule has 5 nitrogen and oxygen atoms in total. The molecule has 6 aromatic carbocycles. The lowest BCUT2D eigenvalue weighted by atomic mass is 10.1. The van der Waals surface area contributed by atoms with Crippen molar-refractivity contribution in [3.8, 4) is 39.9 Å². The SMILES string of the molecule is C=C/C=c1\c(=C)c2cc3ccccc3n2c2cc3c4ccccc4n(-c4ccc(-c5nc(-c6ccccc6)nc(-c6ccccc6)n5)cc4)c3cc12.CC. The lowest BCUT2D eigenvalue weighted by Crippen LogP contribution is -2.26. The molecule has 0 bridgehead atoms. The second-order valence-electron chi connectivity index (χ2n) is 13.0. The van der Waals surface area contributed by atoms with Crippen LogP contribution in [-0.2, 0) is 0 Å². The first-order chi connectivity index (χ1) is 26.7. The van der Waals surface area contributed by atoms with Crippen molar-refractivity contribution in [1.29, 1.82) is 0 Å². The summed E-state index contributed by atoms with van der Waals surface area (Å²) >= 11 is 0. The Bertz CT molecular complexity index is 3080. The summed E-state index contributed by atoms with van der Waals surface area (Å²) < 4.78 is 4.71. The fourth-order valence-corrected chi connectivity index (χ4v) is 7.63. The molecule has 54 heavy (non-hydrogen) atoms. The number of hydrogen-bond donors (Lipinski definition) is 0. The molecule has 10 rings (SSSR count). The van der Waals surface area contributed by atoms with Crippen molar-refractivity contribution in [2.75, 3.05) is 0 Å². The van der Waals surface area contributed by atoms with E-state index in [2.05, 4.69) is 119 Å². The van der Waals surface area contributed by atoms with Gasteiger partial charge in [-0.15, -0.1) is 0 Å².